The molecule has 2 rings (SSSR count). The molecule has 0 radical (unpaired) electrons. The first-order chi connectivity index (χ1) is 7.36. The van der Waals surface area contributed by atoms with Crippen molar-refractivity contribution in [3.05, 3.63) is 48.0 Å². The van der Waals surface area contributed by atoms with Crippen LogP contribution in [0.5, 0.6) is 0 Å². The molecule has 0 heterocycles. The number of fused-ring (bicyclic) bond motifs is 1. The second kappa shape index (κ2) is 4.67. The van der Waals surface area contributed by atoms with Crippen molar-refractivity contribution in [3.63, 3.8) is 0 Å². The van der Waals surface area contributed by atoms with Crippen LogP contribution in [0.3, 0.4) is 0 Å². The predicted molar refractivity (Wildman–Crippen MR) is 67.7 cm³/mol. The number of hydrogen-bond donors (Lipinski definition) is 0. The van der Waals surface area contributed by atoms with E-state index in [0.717, 1.165) is 6.42 Å². The molecule has 2 aromatic rings. The first-order valence-corrected chi connectivity index (χ1v) is 5.94. The smallest absolute Gasteiger partial charge is 0.0292 e. The molecule has 0 bridgehead atoms. The van der Waals surface area contributed by atoms with E-state index in [4.69, 9.17) is 11.6 Å². The summed E-state index contributed by atoms with van der Waals surface area (Å²) in [5, 5.41) is 2.64. The topological polar surface area (TPSA) is 0 Å². The summed E-state index contributed by atoms with van der Waals surface area (Å²) in [6.45, 7) is 2.19. The van der Waals surface area contributed by atoms with Crippen molar-refractivity contribution in [2.75, 3.05) is 5.88 Å². The minimum absolute atomic E-state index is 0.470. The normalized spacial score (nSPS) is 12.9. The third-order valence-corrected chi connectivity index (χ3v) is 3.31. The number of rotatable bonds is 3. The predicted octanol–water partition coefficient (Wildman–Crippen LogP) is 4.57. The van der Waals surface area contributed by atoms with Crippen molar-refractivity contribution < 1.29 is 0 Å². The molecular weight excluding hydrogens is 204 g/mol. The van der Waals surface area contributed by atoms with Crippen molar-refractivity contribution in [3.8, 4) is 0 Å². The summed E-state index contributed by atoms with van der Waals surface area (Å²) in [5.74, 6) is 1.17. The summed E-state index contributed by atoms with van der Waals surface area (Å²) >= 11 is 6.00. The fourth-order valence-corrected chi connectivity index (χ4v) is 2.40. The van der Waals surface area contributed by atoms with E-state index in [1.54, 1.807) is 0 Å². The molecule has 0 saturated heterocycles. The van der Waals surface area contributed by atoms with Gasteiger partial charge in [0.05, 0.1) is 0 Å². The maximum absolute atomic E-state index is 6.00. The van der Waals surface area contributed by atoms with E-state index < -0.39 is 0 Å². The highest BCUT2D eigenvalue weighted by molar-refractivity contribution is 6.18. The zero-order valence-electron chi connectivity index (χ0n) is 8.91. The van der Waals surface area contributed by atoms with Crippen molar-refractivity contribution in [2.24, 2.45) is 0 Å². The quantitative estimate of drug-likeness (QED) is 0.662. The average Bonchev–Trinajstić information content (AvgIpc) is 2.31. The lowest BCUT2D eigenvalue weighted by Crippen LogP contribution is -1.99. The van der Waals surface area contributed by atoms with E-state index in [1.807, 2.05) is 0 Å². The SMILES string of the molecule is CCC(CCl)c1cccc2ccccc12. The van der Waals surface area contributed by atoms with Gasteiger partial charge in [-0.25, -0.2) is 0 Å². The van der Waals surface area contributed by atoms with Crippen LogP contribution in [0.1, 0.15) is 24.8 Å². The summed E-state index contributed by atoms with van der Waals surface area (Å²) < 4.78 is 0. The lowest BCUT2D eigenvalue weighted by Gasteiger charge is -2.14. The maximum Gasteiger partial charge on any atom is 0.0292 e. The van der Waals surface area contributed by atoms with E-state index in [0.29, 0.717) is 11.8 Å². The Balaban J connectivity index is 2.59. The van der Waals surface area contributed by atoms with Gasteiger partial charge in [-0.15, -0.1) is 11.6 Å². The zero-order valence-corrected chi connectivity index (χ0v) is 9.67. The summed E-state index contributed by atoms with van der Waals surface area (Å²) in [7, 11) is 0. The molecule has 1 heteroatoms. The van der Waals surface area contributed by atoms with Crippen LogP contribution in [-0.4, -0.2) is 5.88 Å². The molecule has 0 aromatic heterocycles. The Bertz CT molecular complexity index is 439. The molecule has 2 aromatic carbocycles. The van der Waals surface area contributed by atoms with E-state index in [1.165, 1.54) is 16.3 Å². The highest BCUT2D eigenvalue weighted by atomic mass is 35.5. The van der Waals surface area contributed by atoms with E-state index in [9.17, 15) is 0 Å². The van der Waals surface area contributed by atoms with Gasteiger partial charge in [-0.1, -0.05) is 49.4 Å². The molecule has 1 unspecified atom stereocenters. The lowest BCUT2D eigenvalue weighted by molar-refractivity contribution is 0.746. The van der Waals surface area contributed by atoms with Crippen molar-refractivity contribution >= 4 is 22.4 Å². The molecule has 1 atom stereocenters. The molecular formula is C14H15Cl. The van der Waals surface area contributed by atoms with Gasteiger partial charge >= 0.3 is 0 Å². The minimum Gasteiger partial charge on any atom is -0.126 e. The highest BCUT2D eigenvalue weighted by Gasteiger charge is 2.10. The van der Waals surface area contributed by atoms with Gasteiger partial charge in [-0.05, 0) is 28.7 Å². The standard InChI is InChI=1S/C14H15Cl/c1-2-11(10-15)13-9-5-7-12-6-3-4-8-14(12)13/h3-9,11H,2,10H2,1H3. The summed E-state index contributed by atoms with van der Waals surface area (Å²) in [6, 6.07) is 15.0. The number of alkyl halides is 1. The second-order valence-corrected chi connectivity index (χ2v) is 4.14. The van der Waals surface area contributed by atoms with Gasteiger partial charge in [0.15, 0.2) is 0 Å². The number of halogens is 1. The van der Waals surface area contributed by atoms with Crippen LogP contribution in [0, 0.1) is 0 Å². The zero-order chi connectivity index (χ0) is 10.7. The first kappa shape index (κ1) is 10.5. The summed E-state index contributed by atoms with van der Waals surface area (Å²) in [4.78, 5) is 0. The largest absolute Gasteiger partial charge is 0.126 e. The average molecular weight is 219 g/mol. The lowest BCUT2D eigenvalue weighted by atomic mass is 9.93. The first-order valence-electron chi connectivity index (χ1n) is 5.40. The Hall–Kier alpha value is -1.01. The molecule has 0 fully saturated rings. The number of hydrogen-bond acceptors (Lipinski definition) is 0. The summed E-state index contributed by atoms with van der Waals surface area (Å²) in [6.07, 6.45) is 1.09. The van der Waals surface area contributed by atoms with Gasteiger partial charge in [0.2, 0.25) is 0 Å². The van der Waals surface area contributed by atoms with Crippen LogP contribution in [0.15, 0.2) is 42.5 Å². The van der Waals surface area contributed by atoms with Crippen molar-refractivity contribution in [2.45, 2.75) is 19.3 Å². The van der Waals surface area contributed by atoms with Gasteiger partial charge in [0.1, 0.15) is 0 Å². The van der Waals surface area contributed by atoms with Gasteiger partial charge < -0.3 is 0 Å². The third kappa shape index (κ3) is 2.00. The fourth-order valence-electron chi connectivity index (χ4n) is 2.02. The molecule has 0 aliphatic heterocycles. The van der Waals surface area contributed by atoms with Crippen LogP contribution in [-0.2, 0) is 0 Å². The van der Waals surface area contributed by atoms with Crippen LogP contribution < -0.4 is 0 Å². The Labute approximate surface area is 95.9 Å². The summed E-state index contributed by atoms with van der Waals surface area (Å²) in [5.41, 5.74) is 1.38. The van der Waals surface area contributed by atoms with Gasteiger partial charge in [-0.2, -0.15) is 0 Å². The fraction of sp³-hybridized carbons (Fsp3) is 0.286. The van der Waals surface area contributed by atoms with Gasteiger partial charge in [0.25, 0.3) is 0 Å². The van der Waals surface area contributed by atoms with E-state index >= 15 is 0 Å². The molecule has 0 aliphatic carbocycles. The van der Waals surface area contributed by atoms with Gasteiger partial charge in [-0.3, -0.25) is 0 Å². The van der Waals surface area contributed by atoms with Crippen molar-refractivity contribution in [1.82, 2.24) is 0 Å². The maximum atomic E-state index is 6.00. The van der Waals surface area contributed by atoms with Crippen LogP contribution >= 0.6 is 11.6 Å². The molecule has 0 aliphatic rings. The van der Waals surface area contributed by atoms with Crippen molar-refractivity contribution in [1.29, 1.82) is 0 Å². The molecule has 0 saturated carbocycles. The molecule has 0 amide bonds. The van der Waals surface area contributed by atoms with Crippen LogP contribution in [0.2, 0.25) is 0 Å². The molecule has 15 heavy (non-hydrogen) atoms. The molecule has 0 nitrogen and oxygen atoms in total. The molecule has 78 valence electrons. The Morgan fingerprint density at radius 2 is 1.80 bits per heavy atom. The minimum atomic E-state index is 0.470. The van der Waals surface area contributed by atoms with E-state index in [2.05, 4.69) is 49.4 Å². The Morgan fingerprint density at radius 1 is 1.07 bits per heavy atom. The second-order valence-electron chi connectivity index (χ2n) is 3.83. The highest BCUT2D eigenvalue weighted by Crippen LogP contribution is 2.28. The molecule has 0 spiro atoms. The number of benzene rings is 2. The Kier molecular flexibility index (Phi) is 3.27. The van der Waals surface area contributed by atoms with Crippen LogP contribution in [0.25, 0.3) is 10.8 Å². The molecule has 0 N–H and O–H groups in total. The van der Waals surface area contributed by atoms with Crippen LogP contribution in [0.4, 0.5) is 0 Å². The third-order valence-electron chi connectivity index (χ3n) is 2.94. The van der Waals surface area contributed by atoms with E-state index in [-0.39, 0.29) is 0 Å². The Morgan fingerprint density at radius 3 is 2.53 bits per heavy atom. The monoisotopic (exact) mass is 218 g/mol. The van der Waals surface area contributed by atoms with Gasteiger partial charge in [0, 0.05) is 5.88 Å².